The summed E-state index contributed by atoms with van der Waals surface area (Å²) in [6.45, 7) is 4.45. The minimum absolute atomic E-state index is 0.0153. The van der Waals surface area contributed by atoms with Gasteiger partial charge in [0.05, 0.1) is 18.9 Å². The Morgan fingerprint density at radius 3 is 2.50 bits per heavy atom. The van der Waals surface area contributed by atoms with E-state index in [0.29, 0.717) is 19.4 Å². The van der Waals surface area contributed by atoms with E-state index in [9.17, 15) is 19.2 Å². The summed E-state index contributed by atoms with van der Waals surface area (Å²) in [4.78, 5) is 52.9. The number of nitrogens with one attached hydrogen (secondary N) is 2. The van der Waals surface area contributed by atoms with Crippen LogP contribution in [0.15, 0.2) is 0 Å². The number of likely N-dealkylation sites (tertiary alicyclic amines) is 2. The molecular weight excluding hydrogens is 384 g/mol. The van der Waals surface area contributed by atoms with Crippen LogP contribution in [0.1, 0.15) is 33.1 Å². The van der Waals surface area contributed by atoms with E-state index in [2.05, 4.69) is 10.6 Å². The van der Waals surface area contributed by atoms with Crippen molar-refractivity contribution < 1.29 is 23.9 Å². The van der Waals surface area contributed by atoms with Crippen molar-refractivity contribution >= 4 is 35.6 Å². The number of amides is 4. The highest BCUT2D eigenvalue weighted by atomic mass is 32.2. The molecule has 0 aromatic carbocycles. The van der Waals surface area contributed by atoms with Gasteiger partial charge in [-0.3, -0.25) is 9.59 Å². The Bertz CT molecular complexity index is 615. The lowest BCUT2D eigenvalue weighted by atomic mass is 10.1. The fourth-order valence-corrected chi connectivity index (χ4v) is 4.16. The van der Waals surface area contributed by atoms with Crippen LogP contribution in [0.5, 0.6) is 0 Å². The number of methoxy groups -OCH3 is 1. The van der Waals surface area contributed by atoms with Crippen LogP contribution < -0.4 is 10.6 Å². The minimum atomic E-state index is -0.686. The molecule has 158 valence electrons. The molecule has 3 unspecified atom stereocenters. The first-order valence-electron chi connectivity index (χ1n) is 9.52. The Labute approximate surface area is 169 Å². The molecule has 2 rings (SSSR count). The van der Waals surface area contributed by atoms with Gasteiger partial charge in [0.1, 0.15) is 12.1 Å². The molecule has 0 radical (unpaired) electrons. The zero-order valence-corrected chi connectivity index (χ0v) is 17.7. The van der Waals surface area contributed by atoms with Crippen molar-refractivity contribution in [3.8, 4) is 0 Å². The Morgan fingerprint density at radius 1 is 1.18 bits per heavy atom. The number of esters is 1. The van der Waals surface area contributed by atoms with E-state index in [-0.39, 0.29) is 42.2 Å². The lowest BCUT2D eigenvalue weighted by Crippen LogP contribution is -2.51. The summed E-state index contributed by atoms with van der Waals surface area (Å²) in [5, 5.41) is 5.60. The zero-order valence-electron chi connectivity index (χ0n) is 16.9. The fourth-order valence-electron chi connectivity index (χ4n) is 3.75. The highest BCUT2D eigenvalue weighted by molar-refractivity contribution is 7.99. The summed E-state index contributed by atoms with van der Waals surface area (Å²) < 4.78 is 4.82. The maximum atomic E-state index is 13.2. The van der Waals surface area contributed by atoms with Crippen molar-refractivity contribution in [1.82, 2.24) is 20.4 Å². The number of thioether (sulfide) groups is 1. The molecule has 0 saturated carbocycles. The topological polar surface area (TPSA) is 108 Å². The summed E-state index contributed by atoms with van der Waals surface area (Å²) in [5.41, 5.74) is 0. The molecule has 2 fully saturated rings. The third kappa shape index (κ3) is 5.30. The predicted octanol–water partition coefficient (Wildman–Crippen LogP) is 0.191. The van der Waals surface area contributed by atoms with Gasteiger partial charge in [-0.05, 0) is 39.4 Å². The van der Waals surface area contributed by atoms with Gasteiger partial charge in [-0.1, -0.05) is 0 Å². The highest BCUT2D eigenvalue weighted by Gasteiger charge is 2.45. The highest BCUT2D eigenvalue weighted by Crippen LogP contribution is 2.26. The van der Waals surface area contributed by atoms with E-state index in [4.69, 9.17) is 4.74 Å². The molecule has 0 aromatic heterocycles. The first-order valence-corrected chi connectivity index (χ1v) is 10.9. The lowest BCUT2D eigenvalue weighted by Gasteiger charge is -2.30. The number of hydrogen-bond acceptors (Lipinski definition) is 6. The Hall–Kier alpha value is -1.97. The maximum absolute atomic E-state index is 13.2. The molecule has 0 bridgehead atoms. The Morgan fingerprint density at radius 2 is 1.89 bits per heavy atom. The van der Waals surface area contributed by atoms with Crippen molar-refractivity contribution in [2.75, 3.05) is 32.2 Å². The van der Waals surface area contributed by atoms with E-state index in [1.165, 1.54) is 28.7 Å². The van der Waals surface area contributed by atoms with Gasteiger partial charge in [-0.2, -0.15) is 11.8 Å². The molecular formula is C18H30N4O5S. The first kappa shape index (κ1) is 22.3. The van der Waals surface area contributed by atoms with Crippen molar-refractivity contribution in [1.29, 1.82) is 0 Å². The number of carbonyl (C=O) groups is 4. The summed E-state index contributed by atoms with van der Waals surface area (Å²) in [6.07, 6.45) is 3.43. The molecule has 2 N–H and O–H groups in total. The molecule has 0 aliphatic carbocycles. The SMILES string of the molecule is COC(=O)C1CCCN1C(=O)C1CC(NC(=O)NC(C)C)CN1C(=O)CSC. The van der Waals surface area contributed by atoms with Crippen LogP contribution in [-0.2, 0) is 19.1 Å². The minimum Gasteiger partial charge on any atom is -0.467 e. The van der Waals surface area contributed by atoms with Gasteiger partial charge in [-0.15, -0.1) is 0 Å². The Kier molecular flexibility index (Phi) is 7.97. The molecule has 9 nitrogen and oxygen atoms in total. The second-order valence-electron chi connectivity index (χ2n) is 7.41. The molecule has 28 heavy (non-hydrogen) atoms. The van der Waals surface area contributed by atoms with Crippen LogP contribution in [0.2, 0.25) is 0 Å². The zero-order chi connectivity index (χ0) is 20.8. The number of urea groups is 1. The standard InChI is InChI=1S/C18H30N4O5S/c1-11(2)19-18(26)20-12-8-14(22(9-12)15(23)10-28-4)16(24)21-7-5-6-13(21)17(25)27-3/h11-14H,5-10H2,1-4H3,(H2,19,20,26). The van der Waals surface area contributed by atoms with Crippen molar-refractivity contribution in [3.05, 3.63) is 0 Å². The predicted molar refractivity (Wildman–Crippen MR) is 106 cm³/mol. The number of hydrogen-bond donors (Lipinski definition) is 2. The second kappa shape index (κ2) is 9.99. The van der Waals surface area contributed by atoms with E-state index in [1.54, 1.807) is 0 Å². The van der Waals surface area contributed by atoms with Gasteiger partial charge in [0, 0.05) is 19.1 Å². The molecule has 10 heteroatoms. The first-order chi connectivity index (χ1) is 13.3. The van der Waals surface area contributed by atoms with E-state index in [1.807, 2.05) is 20.1 Å². The van der Waals surface area contributed by atoms with Gasteiger partial charge in [0.15, 0.2) is 0 Å². The van der Waals surface area contributed by atoms with E-state index >= 15 is 0 Å². The van der Waals surface area contributed by atoms with Crippen molar-refractivity contribution in [2.24, 2.45) is 0 Å². The quantitative estimate of drug-likeness (QED) is 0.601. The van der Waals surface area contributed by atoms with Gasteiger partial charge < -0.3 is 25.2 Å². The summed E-state index contributed by atoms with van der Waals surface area (Å²) in [6, 6.07) is -1.95. The van der Waals surface area contributed by atoms with E-state index < -0.39 is 18.1 Å². The van der Waals surface area contributed by atoms with Gasteiger partial charge in [0.2, 0.25) is 11.8 Å². The van der Waals surface area contributed by atoms with Crippen LogP contribution in [0.3, 0.4) is 0 Å². The third-order valence-electron chi connectivity index (χ3n) is 4.94. The van der Waals surface area contributed by atoms with Crippen molar-refractivity contribution in [2.45, 2.75) is 57.3 Å². The number of rotatable bonds is 6. The smallest absolute Gasteiger partial charge is 0.328 e. The van der Waals surface area contributed by atoms with Crippen molar-refractivity contribution in [3.63, 3.8) is 0 Å². The van der Waals surface area contributed by atoms with Gasteiger partial charge in [-0.25, -0.2) is 9.59 Å². The number of ether oxygens (including phenoxy) is 1. The Balaban J connectivity index is 2.13. The maximum Gasteiger partial charge on any atom is 0.328 e. The fraction of sp³-hybridized carbons (Fsp3) is 0.778. The van der Waals surface area contributed by atoms with Crippen LogP contribution in [0.25, 0.3) is 0 Å². The molecule has 4 amide bonds. The summed E-state index contributed by atoms with van der Waals surface area (Å²) in [7, 11) is 1.31. The molecule has 3 atom stereocenters. The second-order valence-corrected chi connectivity index (χ2v) is 8.28. The summed E-state index contributed by atoms with van der Waals surface area (Å²) >= 11 is 1.39. The molecule has 2 aliphatic heterocycles. The average Bonchev–Trinajstić information content (AvgIpc) is 3.27. The normalized spacial score (nSPS) is 24.4. The van der Waals surface area contributed by atoms with E-state index in [0.717, 1.165) is 6.42 Å². The number of nitrogens with zero attached hydrogens (tertiary/aromatic N) is 2. The molecule has 0 aromatic rings. The third-order valence-corrected chi connectivity index (χ3v) is 5.47. The van der Waals surface area contributed by atoms with Crippen LogP contribution in [0.4, 0.5) is 4.79 Å². The lowest BCUT2D eigenvalue weighted by molar-refractivity contribution is -0.153. The molecule has 2 aliphatic rings. The average molecular weight is 415 g/mol. The van der Waals surface area contributed by atoms with Crippen LogP contribution in [0, 0.1) is 0 Å². The molecule has 0 spiro atoms. The summed E-state index contributed by atoms with van der Waals surface area (Å²) in [5.74, 6) is -0.573. The van der Waals surface area contributed by atoms with Crippen LogP contribution in [-0.4, -0.2) is 90.0 Å². The number of carbonyl (C=O) groups excluding carboxylic acids is 4. The molecule has 2 saturated heterocycles. The van der Waals surface area contributed by atoms with Crippen LogP contribution >= 0.6 is 11.8 Å². The van der Waals surface area contributed by atoms with Gasteiger partial charge in [0.25, 0.3) is 0 Å². The largest absolute Gasteiger partial charge is 0.467 e. The van der Waals surface area contributed by atoms with Gasteiger partial charge >= 0.3 is 12.0 Å². The monoisotopic (exact) mass is 414 g/mol. The molecule has 2 heterocycles.